The average Bonchev–Trinajstić information content (AvgIpc) is 2.40. The molecule has 0 bridgehead atoms. The summed E-state index contributed by atoms with van der Waals surface area (Å²) < 4.78 is 33.3. The topological polar surface area (TPSA) is 68.3 Å². The van der Waals surface area contributed by atoms with E-state index >= 15 is 0 Å². The summed E-state index contributed by atoms with van der Waals surface area (Å²) in [7, 11) is -2.15. The van der Waals surface area contributed by atoms with Gasteiger partial charge in [-0.25, -0.2) is 13.4 Å². The normalized spacial score (nSPS) is 11.2. The molecule has 0 fully saturated rings. The van der Waals surface area contributed by atoms with Crippen molar-refractivity contribution >= 4 is 31.6 Å². The summed E-state index contributed by atoms with van der Waals surface area (Å²) in [5.41, 5.74) is 1.64. The molecule has 0 aliphatic heterocycles. The van der Waals surface area contributed by atoms with Crippen molar-refractivity contribution in [3.63, 3.8) is 0 Å². The molecule has 1 N–H and O–H groups in total. The number of anilines is 1. The van der Waals surface area contributed by atoms with Crippen molar-refractivity contribution in [3.8, 4) is 5.75 Å². The van der Waals surface area contributed by atoms with E-state index in [2.05, 4.69) is 25.6 Å². The van der Waals surface area contributed by atoms with E-state index in [1.54, 1.807) is 51.4 Å². The first-order chi connectivity index (χ1) is 9.85. The molecule has 0 saturated heterocycles. The first-order valence-electron chi connectivity index (χ1n) is 6.13. The van der Waals surface area contributed by atoms with Crippen LogP contribution in [0.5, 0.6) is 5.75 Å². The van der Waals surface area contributed by atoms with E-state index < -0.39 is 10.0 Å². The minimum atomic E-state index is -3.70. The van der Waals surface area contributed by atoms with Crippen LogP contribution in [0.25, 0.3) is 0 Å². The summed E-state index contributed by atoms with van der Waals surface area (Å²) in [5.74, 6) is 0.631. The van der Waals surface area contributed by atoms with E-state index in [9.17, 15) is 8.42 Å². The van der Waals surface area contributed by atoms with Gasteiger partial charge in [-0.2, -0.15) is 0 Å². The van der Waals surface area contributed by atoms with Gasteiger partial charge in [0.05, 0.1) is 17.7 Å². The molecule has 1 heterocycles. The third-order valence-electron chi connectivity index (χ3n) is 2.94. The van der Waals surface area contributed by atoms with Crippen molar-refractivity contribution in [1.82, 2.24) is 4.98 Å². The van der Waals surface area contributed by atoms with Gasteiger partial charge in [0, 0.05) is 6.20 Å². The van der Waals surface area contributed by atoms with Gasteiger partial charge in [0.15, 0.2) is 0 Å². The molecule has 0 spiro atoms. The van der Waals surface area contributed by atoms with E-state index in [1.807, 2.05) is 0 Å². The second-order valence-corrected chi connectivity index (χ2v) is 6.91. The van der Waals surface area contributed by atoms with E-state index in [-0.39, 0.29) is 4.90 Å². The van der Waals surface area contributed by atoms with Crippen molar-refractivity contribution < 1.29 is 13.2 Å². The van der Waals surface area contributed by atoms with E-state index in [1.165, 1.54) is 0 Å². The first kappa shape index (κ1) is 15.8. The number of aryl methyl sites for hydroxylation is 2. The molecule has 21 heavy (non-hydrogen) atoms. The number of nitrogens with one attached hydrogen (secondary N) is 1. The van der Waals surface area contributed by atoms with Gasteiger partial charge in [0.2, 0.25) is 0 Å². The Bertz CT molecular complexity index is 753. The molecule has 0 atom stereocenters. The highest BCUT2D eigenvalue weighted by Gasteiger charge is 2.21. The Morgan fingerprint density at radius 1 is 1.24 bits per heavy atom. The predicted molar refractivity (Wildman–Crippen MR) is 85.2 cm³/mol. The molecule has 7 heteroatoms. The molecule has 0 saturated carbocycles. The molecule has 2 rings (SSSR count). The van der Waals surface area contributed by atoms with Gasteiger partial charge in [-0.3, -0.25) is 4.72 Å². The number of halogens is 1. The highest BCUT2D eigenvalue weighted by atomic mass is 79.9. The zero-order valence-corrected chi connectivity index (χ0v) is 14.2. The fourth-order valence-corrected chi connectivity index (χ4v) is 4.11. The molecule has 1 aromatic heterocycles. The molecule has 1 aromatic carbocycles. The molecular weight excluding hydrogens is 356 g/mol. The third kappa shape index (κ3) is 3.36. The molecule has 0 aliphatic carbocycles. The van der Waals surface area contributed by atoms with Gasteiger partial charge in [-0.1, -0.05) is 0 Å². The number of pyridine rings is 1. The summed E-state index contributed by atoms with van der Waals surface area (Å²) in [4.78, 5) is 4.25. The first-order valence-corrected chi connectivity index (χ1v) is 8.41. The van der Waals surface area contributed by atoms with E-state index in [0.717, 1.165) is 0 Å². The largest absolute Gasteiger partial charge is 0.497 e. The van der Waals surface area contributed by atoms with E-state index in [4.69, 9.17) is 4.74 Å². The molecule has 5 nitrogen and oxygen atoms in total. The quantitative estimate of drug-likeness (QED) is 0.838. The maximum Gasteiger partial charge on any atom is 0.262 e. The van der Waals surface area contributed by atoms with Gasteiger partial charge in [-0.15, -0.1) is 0 Å². The standard InChI is InChI=1S/C14H15BrN2O3S/c1-9-7-11(20-3)8-10(2)13(9)21(18,19)17-12-5-4-6-16-14(12)15/h4-8,17H,1-3H3. The fourth-order valence-electron chi connectivity index (χ4n) is 2.11. The number of nitrogens with zero attached hydrogens (tertiary/aromatic N) is 1. The molecule has 112 valence electrons. The van der Waals surface area contributed by atoms with Gasteiger partial charge >= 0.3 is 0 Å². The average molecular weight is 371 g/mol. The zero-order chi connectivity index (χ0) is 15.6. The third-order valence-corrected chi connectivity index (χ3v) is 5.24. The maximum atomic E-state index is 12.6. The predicted octanol–water partition coefficient (Wildman–Crippen LogP) is 3.27. The van der Waals surface area contributed by atoms with Gasteiger partial charge in [0.25, 0.3) is 10.0 Å². The Morgan fingerprint density at radius 3 is 2.38 bits per heavy atom. The van der Waals surface area contributed by atoms with Gasteiger partial charge < -0.3 is 4.74 Å². The number of hydrogen-bond acceptors (Lipinski definition) is 4. The number of rotatable bonds is 4. The number of aromatic nitrogens is 1. The number of ether oxygens (including phenoxy) is 1. The lowest BCUT2D eigenvalue weighted by molar-refractivity contribution is 0.413. The van der Waals surface area contributed by atoms with Crippen LogP contribution in [0.4, 0.5) is 5.69 Å². The smallest absolute Gasteiger partial charge is 0.262 e. The second-order valence-electron chi connectivity index (χ2n) is 4.54. The maximum absolute atomic E-state index is 12.6. The van der Waals surface area contributed by atoms with Crippen LogP contribution < -0.4 is 9.46 Å². The Hall–Kier alpha value is -1.60. The van der Waals surface area contributed by atoms with Gasteiger partial charge in [0.1, 0.15) is 10.4 Å². The summed E-state index contributed by atoms with van der Waals surface area (Å²) in [6.45, 7) is 3.48. The van der Waals surface area contributed by atoms with Crippen LogP contribution in [0, 0.1) is 13.8 Å². The minimum absolute atomic E-state index is 0.249. The fraction of sp³-hybridized carbons (Fsp3) is 0.214. The lowest BCUT2D eigenvalue weighted by Crippen LogP contribution is -2.16. The molecular formula is C14H15BrN2O3S. The van der Waals surface area contributed by atoms with Crippen LogP contribution in [0.1, 0.15) is 11.1 Å². The molecule has 2 aromatic rings. The summed E-state index contributed by atoms with van der Waals surface area (Å²) in [6, 6.07) is 6.69. The van der Waals surface area contributed by atoms with Crippen molar-refractivity contribution in [3.05, 3.63) is 46.2 Å². The number of benzene rings is 1. The molecule has 0 amide bonds. The Kier molecular flexibility index (Phi) is 4.53. The van der Waals surface area contributed by atoms with Crippen LogP contribution in [0.15, 0.2) is 40.0 Å². The van der Waals surface area contributed by atoms with Crippen molar-refractivity contribution in [1.29, 1.82) is 0 Å². The molecule has 0 aliphatic rings. The molecule has 0 radical (unpaired) electrons. The lowest BCUT2D eigenvalue weighted by atomic mass is 10.1. The van der Waals surface area contributed by atoms with E-state index in [0.29, 0.717) is 27.2 Å². The summed E-state index contributed by atoms with van der Waals surface area (Å²) >= 11 is 3.22. The number of hydrogen-bond donors (Lipinski definition) is 1. The summed E-state index contributed by atoms with van der Waals surface area (Å²) in [5, 5.41) is 0. The highest BCUT2D eigenvalue weighted by molar-refractivity contribution is 9.10. The lowest BCUT2D eigenvalue weighted by Gasteiger charge is -2.14. The zero-order valence-electron chi connectivity index (χ0n) is 11.8. The molecule has 0 unspecified atom stereocenters. The van der Waals surface area contributed by atoms with Crippen LogP contribution in [-0.2, 0) is 10.0 Å². The Morgan fingerprint density at radius 2 is 1.86 bits per heavy atom. The minimum Gasteiger partial charge on any atom is -0.497 e. The Labute approximate surface area is 132 Å². The van der Waals surface area contributed by atoms with Crippen LogP contribution in [0.3, 0.4) is 0 Å². The second kappa shape index (κ2) is 6.03. The van der Waals surface area contributed by atoms with Crippen LogP contribution >= 0.6 is 15.9 Å². The summed E-state index contributed by atoms with van der Waals surface area (Å²) in [6.07, 6.45) is 1.58. The van der Waals surface area contributed by atoms with Crippen molar-refractivity contribution in [2.45, 2.75) is 18.7 Å². The number of methoxy groups -OCH3 is 1. The Balaban J connectivity index is 2.48. The monoisotopic (exact) mass is 370 g/mol. The van der Waals surface area contributed by atoms with Crippen LogP contribution in [0.2, 0.25) is 0 Å². The highest BCUT2D eigenvalue weighted by Crippen LogP contribution is 2.28. The van der Waals surface area contributed by atoms with Crippen LogP contribution in [-0.4, -0.2) is 20.5 Å². The van der Waals surface area contributed by atoms with Gasteiger partial charge in [-0.05, 0) is 65.2 Å². The van der Waals surface area contributed by atoms with Crippen molar-refractivity contribution in [2.75, 3.05) is 11.8 Å². The SMILES string of the molecule is COc1cc(C)c(S(=O)(=O)Nc2cccnc2Br)c(C)c1. The van der Waals surface area contributed by atoms with Crippen molar-refractivity contribution in [2.24, 2.45) is 0 Å². The number of sulfonamides is 1.